The van der Waals surface area contributed by atoms with Crippen LogP contribution in [0.25, 0.3) is 0 Å². The third kappa shape index (κ3) is 2.44. The van der Waals surface area contributed by atoms with Gasteiger partial charge in [0.2, 0.25) is 0 Å². The average molecular weight is 212 g/mol. The number of nitrogens with two attached hydrogens (primary N) is 1. The number of aliphatic hydroxyl groups is 2. The maximum atomic E-state index is 10.6. The molecule has 0 spiro atoms. The highest BCUT2D eigenvalue weighted by atomic mass is 16.4. The maximum absolute atomic E-state index is 10.6. The summed E-state index contributed by atoms with van der Waals surface area (Å²) in [6, 6.07) is 4.39. The summed E-state index contributed by atoms with van der Waals surface area (Å²) in [5.74, 6) is 3.79. The van der Waals surface area contributed by atoms with Gasteiger partial charge in [0.1, 0.15) is 0 Å². The number of carboxylic acids is 1. The van der Waals surface area contributed by atoms with E-state index in [1.54, 1.807) is 0 Å². The van der Waals surface area contributed by atoms with Gasteiger partial charge in [-0.25, -0.2) is 4.79 Å². The lowest BCUT2D eigenvalue weighted by atomic mass is 10.0. The first-order valence-electron chi connectivity index (χ1n) is 4.21. The van der Waals surface area contributed by atoms with Crippen LogP contribution in [-0.4, -0.2) is 21.3 Å². The lowest BCUT2D eigenvalue weighted by Crippen LogP contribution is -2.14. The van der Waals surface area contributed by atoms with Crippen molar-refractivity contribution in [3.8, 4) is 0 Å². The zero-order valence-electron chi connectivity index (χ0n) is 7.84. The molecule has 6 N–H and O–H groups in total. The third-order valence-electron chi connectivity index (χ3n) is 2.01. The molecule has 0 saturated heterocycles. The van der Waals surface area contributed by atoms with Gasteiger partial charge in [-0.1, -0.05) is 6.07 Å². The van der Waals surface area contributed by atoms with E-state index in [2.05, 4.69) is 5.43 Å². The number of hydrogen-bond acceptors (Lipinski definition) is 5. The Labute approximate surface area is 85.9 Å². The number of carbonyl (C=O) groups is 1. The summed E-state index contributed by atoms with van der Waals surface area (Å²) in [5, 5.41) is 26.9. The Balaban J connectivity index is 3.12. The van der Waals surface area contributed by atoms with E-state index in [9.17, 15) is 9.90 Å². The molecule has 0 aromatic heterocycles. The Hall–Kier alpha value is -1.63. The highest BCUT2D eigenvalue weighted by Gasteiger charge is 2.19. The van der Waals surface area contributed by atoms with E-state index in [1.807, 2.05) is 0 Å². The largest absolute Gasteiger partial charge is 0.479 e. The van der Waals surface area contributed by atoms with Gasteiger partial charge in [0, 0.05) is 5.69 Å². The molecule has 82 valence electrons. The van der Waals surface area contributed by atoms with Crippen molar-refractivity contribution < 1.29 is 20.1 Å². The Bertz CT molecular complexity index is 367. The molecular weight excluding hydrogens is 200 g/mol. The van der Waals surface area contributed by atoms with Gasteiger partial charge in [-0.2, -0.15) is 0 Å². The van der Waals surface area contributed by atoms with Gasteiger partial charge in [0.25, 0.3) is 0 Å². The van der Waals surface area contributed by atoms with Crippen LogP contribution in [0.5, 0.6) is 0 Å². The van der Waals surface area contributed by atoms with Crippen LogP contribution in [-0.2, 0) is 11.4 Å². The van der Waals surface area contributed by atoms with Crippen molar-refractivity contribution in [2.24, 2.45) is 5.84 Å². The van der Waals surface area contributed by atoms with E-state index in [4.69, 9.17) is 16.1 Å². The Morgan fingerprint density at radius 3 is 2.67 bits per heavy atom. The maximum Gasteiger partial charge on any atom is 0.337 e. The predicted molar refractivity (Wildman–Crippen MR) is 52.8 cm³/mol. The van der Waals surface area contributed by atoms with Crippen molar-refractivity contribution >= 4 is 11.7 Å². The molecule has 1 unspecified atom stereocenters. The molecule has 0 amide bonds. The van der Waals surface area contributed by atoms with Crippen LogP contribution in [0.2, 0.25) is 0 Å². The summed E-state index contributed by atoms with van der Waals surface area (Å²) in [4.78, 5) is 10.6. The van der Waals surface area contributed by atoms with E-state index in [1.165, 1.54) is 18.2 Å². The van der Waals surface area contributed by atoms with Gasteiger partial charge in [-0.15, -0.1) is 0 Å². The number of carboxylic acid groups (broad SMARTS) is 1. The van der Waals surface area contributed by atoms with E-state index in [0.717, 1.165) is 0 Å². The van der Waals surface area contributed by atoms with E-state index >= 15 is 0 Å². The average Bonchev–Trinajstić information content (AvgIpc) is 2.27. The van der Waals surface area contributed by atoms with Crippen molar-refractivity contribution in [1.82, 2.24) is 0 Å². The van der Waals surface area contributed by atoms with Crippen LogP contribution in [0.1, 0.15) is 17.2 Å². The van der Waals surface area contributed by atoms with E-state index in [0.29, 0.717) is 11.3 Å². The minimum absolute atomic E-state index is 0.156. The second-order valence-corrected chi connectivity index (χ2v) is 2.96. The molecule has 6 heteroatoms. The third-order valence-corrected chi connectivity index (χ3v) is 2.01. The second-order valence-electron chi connectivity index (χ2n) is 2.96. The molecule has 0 saturated carbocycles. The SMILES string of the molecule is NNc1ccc(C(O)C(=O)O)c(CO)c1. The van der Waals surface area contributed by atoms with E-state index in [-0.39, 0.29) is 12.2 Å². The van der Waals surface area contributed by atoms with Crippen molar-refractivity contribution in [3.63, 3.8) is 0 Å². The molecule has 0 bridgehead atoms. The first kappa shape index (κ1) is 11.4. The monoisotopic (exact) mass is 212 g/mol. The fourth-order valence-corrected chi connectivity index (χ4v) is 1.23. The molecule has 0 fully saturated rings. The molecule has 0 heterocycles. The van der Waals surface area contributed by atoms with Crippen molar-refractivity contribution in [2.75, 3.05) is 5.43 Å². The van der Waals surface area contributed by atoms with Crippen LogP contribution >= 0.6 is 0 Å². The van der Waals surface area contributed by atoms with Gasteiger partial charge >= 0.3 is 5.97 Å². The van der Waals surface area contributed by atoms with Crippen LogP contribution in [0, 0.1) is 0 Å². The number of hydrazine groups is 1. The summed E-state index contributed by atoms with van der Waals surface area (Å²) < 4.78 is 0. The fraction of sp³-hybridized carbons (Fsp3) is 0.222. The quantitative estimate of drug-likeness (QED) is 0.342. The number of aliphatic carboxylic acids is 1. The highest BCUT2D eigenvalue weighted by molar-refractivity contribution is 5.75. The number of nitrogen functional groups attached to an aromatic ring is 1. The van der Waals surface area contributed by atoms with Crippen molar-refractivity contribution in [1.29, 1.82) is 0 Å². The van der Waals surface area contributed by atoms with Crippen LogP contribution in [0.3, 0.4) is 0 Å². The summed E-state index contributed by atoms with van der Waals surface area (Å²) >= 11 is 0. The lowest BCUT2D eigenvalue weighted by molar-refractivity contribution is -0.147. The Kier molecular flexibility index (Phi) is 3.62. The van der Waals surface area contributed by atoms with Crippen molar-refractivity contribution in [3.05, 3.63) is 29.3 Å². The fourth-order valence-electron chi connectivity index (χ4n) is 1.23. The molecule has 0 aliphatic carbocycles. The molecular formula is C9H12N2O4. The van der Waals surface area contributed by atoms with Gasteiger partial charge in [-0.3, -0.25) is 5.84 Å². The topological polar surface area (TPSA) is 116 Å². The van der Waals surface area contributed by atoms with Crippen LogP contribution < -0.4 is 11.3 Å². The number of hydrogen-bond donors (Lipinski definition) is 5. The van der Waals surface area contributed by atoms with Gasteiger partial charge in [0.05, 0.1) is 6.61 Å². The number of benzene rings is 1. The summed E-state index contributed by atoms with van der Waals surface area (Å²) in [6.07, 6.45) is -1.64. The standard InChI is InChI=1S/C9H12N2O4/c10-11-6-1-2-7(5(3-6)4-12)8(13)9(14)15/h1-3,8,11-13H,4,10H2,(H,14,15). The summed E-state index contributed by atoms with van der Waals surface area (Å²) in [5.41, 5.74) is 3.36. The van der Waals surface area contributed by atoms with Gasteiger partial charge in [0.15, 0.2) is 6.10 Å². The van der Waals surface area contributed by atoms with Crippen LogP contribution in [0.4, 0.5) is 5.69 Å². The molecule has 1 aromatic carbocycles. The van der Waals surface area contributed by atoms with Gasteiger partial charge in [-0.05, 0) is 23.3 Å². The first-order valence-corrected chi connectivity index (χ1v) is 4.21. The normalized spacial score (nSPS) is 12.2. The van der Waals surface area contributed by atoms with Crippen molar-refractivity contribution in [2.45, 2.75) is 12.7 Å². The lowest BCUT2D eigenvalue weighted by Gasteiger charge is -2.12. The summed E-state index contributed by atoms with van der Waals surface area (Å²) in [6.45, 7) is -0.366. The zero-order chi connectivity index (χ0) is 11.4. The molecule has 1 aromatic rings. The van der Waals surface area contributed by atoms with E-state index < -0.39 is 12.1 Å². The number of nitrogens with one attached hydrogen (secondary N) is 1. The molecule has 15 heavy (non-hydrogen) atoms. The molecule has 1 atom stereocenters. The number of rotatable bonds is 4. The molecule has 0 aliphatic heterocycles. The summed E-state index contributed by atoms with van der Waals surface area (Å²) in [7, 11) is 0. The molecule has 6 nitrogen and oxygen atoms in total. The van der Waals surface area contributed by atoms with Gasteiger partial charge < -0.3 is 20.7 Å². The zero-order valence-corrected chi connectivity index (χ0v) is 7.84. The smallest absolute Gasteiger partial charge is 0.337 e. The predicted octanol–water partition coefficient (Wildman–Crippen LogP) is -0.418. The number of aliphatic hydroxyl groups excluding tert-OH is 2. The van der Waals surface area contributed by atoms with Crippen LogP contribution in [0.15, 0.2) is 18.2 Å². The highest BCUT2D eigenvalue weighted by Crippen LogP contribution is 2.21. The Morgan fingerprint density at radius 1 is 1.53 bits per heavy atom. The minimum atomic E-state index is -1.64. The number of anilines is 1. The first-order chi connectivity index (χ1) is 7.10. The Morgan fingerprint density at radius 2 is 2.20 bits per heavy atom. The second kappa shape index (κ2) is 4.74. The minimum Gasteiger partial charge on any atom is -0.479 e. The molecule has 0 aliphatic rings. The molecule has 0 radical (unpaired) electrons. The molecule has 1 rings (SSSR count).